The van der Waals surface area contributed by atoms with Gasteiger partial charge in [0.25, 0.3) is 5.91 Å². The molecule has 6 nitrogen and oxygen atoms in total. The topological polar surface area (TPSA) is 75.7 Å². The molecule has 0 bridgehead atoms. The Balaban J connectivity index is 1.37. The summed E-state index contributed by atoms with van der Waals surface area (Å²) in [4.78, 5) is 26.5. The Morgan fingerprint density at radius 1 is 1.10 bits per heavy atom. The average molecular weight is 441 g/mol. The number of carbonyl (C=O) groups excluding carboxylic acids is 2. The minimum atomic E-state index is -0.948. The van der Waals surface area contributed by atoms with Gasteiger partial charge in [-0.3, -0.25) is 13.8 Å². The van der Waals surface area contributed by atoms with Crippen LogP contribution in [0.15, 0.2) is 48.5 Å². The summed E-state index contributed by atoms with van der Waals surface area (Å²) in [7, 11) is -0.948. The summed E-state index contributed by atoms with van der Waals surface area (Å²) in [6.07, 6.45) is 4.20. The van der Waals surface area contributed by atoms with E-state index in [1.807, 2.05) is 36.4 Å². The van der Waals surface area contributed by atoms with Crippen LogP contribution in [0.5, 0.6) is 0 Å². The molecule has 0 spiro atoms. The van der Waals surface area contributed by atoms with Gasteiger partial charge in [-0.25, -0.2) is 0 Å². The Morgan fingerprint density at radius 3 is 2.61 bits per heavy atom. The number of nitrogens with zero attached hydrogens (tertiary/aromatic N) is 1. The summed E-state index contributed by atoms with van der Waals surface area (Å²) >= 11 is 0. The number of anilines is 2. The van der Waals surface area contributed by atoms with Crippen LogP contribution in [0.1, 0.15) is 48.0 Å². The highest BCUT2D eigenvalue weighted by molar-refractivity contribution is 7.84. The predicted molar refractivity (Wildman–Crippen MR) is 123 cm³/mol. The van der Waals surface area contributed by atoms with Gasteiger partial charge in [-0.05, 0) is 67.6 Å². The summed E-state index contributed by atoms with van der Waals surface area (Å²) in [5, 5.41) is 3.10. The maximum Gasteiger partial charge on any atom is 0.255 e. The van der Waals surface area contributed by atoms with Crippen molar-refractivity contribution < 1.29 is 18.5 Å². The van der Waals surface area contributed by atoms with Crippen LogP contribution in [-0.4, -0.2) is 41.0 Å². The maximum atomic E-state index is 12.7. The number of hydrogen-bond donors (Lipinski definition) is 1. The third kappa shape index (κ3) is 5.60. The molecule has 2 aliphatic heterocycles. The maximum absolute atomic E-state index is 12.7. The first-order valence-corrected chi connectivity index (χ1v) is 12.2. The van der Waals surface area contributed by atoms with Crippen LogP contribution in [0.4, 0.5) is 11.4 Å². The van der Waals surface area contributed by atoms with Crippen LogP contribution in [0.3, 0.4) is 0 Å². The van der Waals surface area contributed by atoms with Gasteiger partial charge in [0, 0.05) is 64.9 Å². The van der Waals surface area contributed by atoms with Crippen molar-refractivity contribution in [2.75, 3.05) is 30.0 Å². The summed E-state index contributed by atoms with van der Waals surface area (Å²) in [5.74, 6) is 0.407. The Labute approximate surface area is 185 Å². The molecule has 0 aromatic heterocycles. The second kappa shape index (κ2) is 10.2. The first kappa shape index (κ1) is 21.7. The molecule has 1 N–H and O–H groups in total. The van der Waals surface area contributed by atoms with E-state index in [0.29, 0.717) is 36.6 Å². The van der Waals surface area contributed by atoms with Crippen molar-refractivity contribution in [3.8, 4) is 0 Å². The van der Waals surface area contributed by atoms with Gasteiger partial charge >= 0.3 is 0 Å². The SMILES string of the molecule is O=C(Nc1cccc(CS(=O)C2CCOCC2)c1)c1ccc(N2CCCCC2=O)cc1. The smallest absolute Gasteiger partial charge is 0.255 e. The van der Waals surface area contributed by atoms with Crippen LogP contribution in [0.2, 0.25) is 0 Å². The minimum absolute atomic E-state index is 0.137. The van der Waals surface area contributed by atoms with Crippen LogP contribution in [0.25, 0.3) is 0 Å². The number of nitrogens with one attached hydrogen (secondary N) is 1. The van der Waals surface area contributed by atoms with Gasteiger partial charge in [-0.15, -0.1) is 0 Å². The molecule has 0 aliphatic carbocycles. The molecule has 31 heavy (non-hydrogen) atoms. The van der Waals surface area contributed by atoms with Crippen LogP contribution < -0.4 is 10.2 Å². The molecule has 1 atom stereocenters. The molecule has 2 saturated heterocycles. The molecular weight excluding hydrogens is 412 g/mol. The van der Waals surface area contributed by atoms with Crippen molar-refractivity contribution in [2.45, 2.75) is 43.1 Å². The van der Waals surface area contributed by atoms with Crippen LogP contribution in [0, 0.1) is 0 Å². The number of benzene rings is 2. The molecule has 2 amide bonds. The predicted octanol–water partition coefficient (Wildman–Crippen LogP) is 3.88. The minimum Gasteiger partial charge on any atom is -0.381 e. The van der Waals surface area contributed by atoms with Gasteiger partial charge in [-0.1, -0.05) is 12.1 Å². The molecule has 2 aromatic rings. The van der Waals surface area contributed by atoms with E-state index in [0.717, 1.165) is 43.5 Å². The number of rotatable bonds is 6. The fourth-order valence-corrected chi connectivity index (χ4v) is 5.50. The Kier molecular flexibility index (Phi) is 7.14. The lowest BCUT2D eigenvalue weighted by molar-refractivity contribution is -0.119. The van der Waals surface area contributed by atoms with Gasteiger partial charge in [0.05, 0.1) is 0 Å². The van der Waals surface area contributed by atoms with E-state index in [9.17, 15) is 13.8 Å². The lowest BCUT2D eigenvalue weighted by atomic mass is 10.1. The summed E-state index contributed by atoms with van der Waals surface area (Å²) in [5.41, 5.74) is 2.99. The van der Waals surface area contributed by atoms with E-state index in [2.05, 4.69) is 5.32 Å². The monoisotopic (exact) mass is 440 g/mol. The average Bonchev–Trinajstić information content (AvgIpc) is 2.80. The fourth-order valence-electron chi connectivity index (χ4n) is 4.03. The van der Waals surface area contributed by atoms with Gasteiger partial charge in [-0.2, -0.15) is 0 Å². The molecule has 4 rings (SSSR count). The second-order valence-corrected chi connectivity index (χ2v) is 9.76. The Morgan fingerprint density at radius 2 is 1.87 bits per heavy atom. The zero-order chi connectivity index (χ0) is 21.6. The third-order valence-electron chi connectivity index (χ3n) is 5.80. The molecule has 164 valence electrons. The summed E-state index contributed by atoms with van der Waals surface area (Å²) < 4.78 is 18.0. The number of amides is 2. The summed E-state index contributed by atoms with van der Waals surface area (Å²) in [6.45, 7) is 2.08. The molecule has 7 heteroatoms. The lowest BCUT2D eigenvalue weighted by Crippen LogP contribution is -2.35. The van der Waals surface area contributed by atoms with E-state index in [1.165, 1.54) is 0 Å². The third-order valence-corrected chi connectivity index (χ3v) is 7.63. The molecule has 1 unspecified atom stereocenters. The quantitative estimate of drug-likeness (QED) is 0.740. The lowest BCUT2D eigenvalue weighted by Gasteiger charge is -2.26. The van der Waals surface area contributed by atoms with Crippen LogP contribution >= 0.6 is 0 Å². The van der Waals surface area contributed by atoms with Crippen molar-refractivity contribution in [3.05, 3.63) is 59.7 Å². The summed E-state index contributed by atoms with van der Waals surface area (Å²) in [6, 6.07) is 14.7. The number of hydrogen-bond acceptors (Lipinski definition) is 4. The normalized spacial score (nSPS) is 18.6. The van der Waals surface area contributed by atoms with E-state index >= 15 is 0 Å². The molecular formula is C24H28N2O4S. The zero-order valence-electron chi connectivity index (χ0n) is 17.5. The first-order valence-electron chi connectivity index (χ1n) is 10.9. The molecule has 0 saturated carbocycles. The van der Waals surface area contributed by atoms with Gasteiger partial charge < -0.3 is 15.0 Å². The highest BCUT2D eigenvalue weighted by Crippen LogP contribution is 2.22. The first-order chi connectivity index (χ1) is 15.1. The van der Waals surface area contributed by atoms with Gasteiger partial charge in [0.15, 0.2) is 0 Å². The molecule has 2 heterocycles. The Hall–Kier alpha value is -2.51. The van der Waals surface area contributed by atoms with E-state index < -0.39 is 10.8 Å². The van der Waals surface area contributed by atoms with E-state index in [4.69, 9.17) is 4.74 Å². The van der Waals surface area contributed by atoms with E-state index in [1.54, 1.807) is 17.0 Å². The standard InChI is InChI=1S/C24H28N2O4S/c27-23-6-1-2-13-26(23)21-9-7-19(8-10-21)24(28)25-20-5-3-4-18(16-20)17-31(29)22-11-14-30-15-12-22/h3-5,7-10,16,22H,1-2,6,11-15,17H2,(H,25,28). The molecule has 0 radical (unpaired) electrons. The largest absolute Gasteiger partial charge is 0.381 e. The number of ether oxygens (including phenoxy) is 1. The second-order valence-electron chi connectivity index (χ2n) is 8.04. The highest BCUT2D eigenvalue weighted by Gasteiger charge is 2.21. The van der Waals surface area contributed by atoms with Crippen LogP contribution in [-0.2, 0) is 26.1 Å². The van der Waals surface area contributed by atoms with Crippen molar-refractivity contribution in [2.24, 2.45) is 0 Å². The number of carbonyl (C=O) groups is 2. The van der Waals surface area contributed by atoms with Gasteiger partial charge in [0.1, 0.15) is 0 Å². The van der Waals surface area contributed by atoms with Crippen molar-refractivity contribution in [1.82, 2.24) is 0 Å². The fraction of sp³-hybridized carbons (Fsp3) is 0.417. The van der Waals surface area contributed by atoms with Crippen molar-refractivity contribution in [3.63, 3.8) is 0 Å². The van der Waals surface area contributed by atoms with E-state index in [-0.39, 0.29) is 17.1 Å². The Bertz CT molecular complexity index is 954. The van der Waals surface area contributed by atoms with Gasteiger partial charge in [0.2, 0.25) is 5.91 Å². The zero-order valence-corrected chi connectivity index (χ0v) is 18.4. The molecule has 2 fully saturated rings. The van der Waals surface area contributed by atoms with Crippen molar-refractivity contribution in [1.29, 1.82) is 0 Å². The molecule has 2 aliphatic rings. The molecule has 2 aromatic carbocycles. The van der Waals surface area contributed by atoms with Crippen molar-refractivity contribution >= 4 is 34.0 Å². The highest BCUT2D eigenvalue weighted by atomic mass is 32.2. The number of piperidine rings is 1.